The molecule has 0 amide bonds. The highest BCUT2D eigenvalue weighted by Gasteiger charge is 2.50. The Bertz CT molecular complexity index is 1740. The molecular formula is C32H18O2S2. The Kier molecular flexibility index (Phi) is 4.14. The van der Waals surface area contributed by atoms with Crippen molar-refractivity contribution in [2.75, 3.05) is 0 Å². The third-order valence-corrected chi connectivity index (χ3v) is 10.1. The molecule has 0 saturated carbocycles. The Morgan fingerprint density at radius 2 is 0.917 bits per heavy atom. The van der Waals surface area contributed by atoms with Gasteiger partial charge in [-0.05, 0) is 56.3 Å². The van der Waals surface area contributed by atoms with Crippen LogP contribution in [0.5, 0.6) is 0 Å². The second-order valence-electron chi connectivity index (χ2n) is 9.52. The van der Waals surface area contributed by atoms with Crippen LogP contribution < -0.4 is 0 Å². The largest absolute Gasteiger partial charge is 0.290 e. The van der Waals surface area contributed by atoms with Crippen molar-refractivity contribution in [2.24, 2.45) is 0 Å². The molecule has 0 radical (unpaired) electrons. The van der Waals surface area contributed by atoms with E-state index in [-0.39, 0.29) is 11.6 Å². The van der Waals surface area contributed by atoms with Crippen molar-refractivity contribution in [2.45, 2.75) is 11.8 Å². The summed E-state index contributed by atoms with van der Waals surface area (Å²) >= 11 is 3.45. The topological polar surface area (TPSA) is 34.1 Å². The Labute approximate surface area is 215 Å². The predicted octanol–water partition coefficient (Wildman–Crippen LogP) is 8.18. The lowest BCUT2D eigenvalue weighted by Crippen LogP contribution is -2.40. The number of hydrogen-bond acceptors (Lipinski definition) is 4. The number of ketones is 2. The van der Waals surface area contributed by atoms with Gasteiger partial charge in [-0.15, -0.1) is 22.7 Å². The molecule has 170 valence electrons. The molecular weight excluding hydrogens is 480 g/mol. The summed E-state index contributed by atoms with van der Waals surface area (Å²) < 4.78 is 2.26. The van der Waals surface area contributed by atoms with E-state index < -0.39 is 11.8 Å². The average Bonchev–Trinajstić information content (AvgIpc) is 3.56. The number of carbonyl (C=O) groups excluding carboxylic acids is 2. The van der Waals surface area contributed by atoms with Crippen molar-refractivity contribution in [1.29, 1.82) is 0 Å². The van der Waals surface area contributed by atoms with E-state index in [1.165, 1.54) is 20.9 Å². The fourth-order valence-corrected chi connectivity index (χ4v) is 8.51. The molecule has 36 heavy (non-hydrogen) atoms. The molecule has 0 aliphatic heterocycles. The molecule has 3 aliphatic carbocycles. The average molecular weight is 499 g/mol. The number of hydrogen-bond donors (Lipinski definition) is 0. The van der Waals surface area contributed by atoms with Gasteiger partial charge in [0.15, 0.2) is 0 Å². The Morgan fingerprint density at radius 1 is 0.500 bits per heavy atom. The van der Waals surface area contributed by atoms with Gasteiger partial charge in [0.25, 0.3) is 0 Å². The van der Waals surface area contributed by atoms with E-state index in [0.29, 0.717) is 0 Å². The van der Waals surface area contributed by atoms with Gasteiger partial charge in [-0.2, -0.15) is 0 Å². The molecule has 6 aromatic rings. The summed E-state index contributed by atoms with van der Waals surface area (Å²) in [7, 11) is 0. The zero-order chi connectivity index (χ0) is 24.0. The molecule has 2 bridgehead atoms. The van der Waals surface area contributed by atoms with Crippen molar-refractivity contribution in [3.05, 3.63) is 119 Å². The Morgan fingerprint density at radius 3 is 1.33 bits per heavy atom. The van der Waals surface area contributed by atoms with Crippen LogP contribution in [0.1, 0.15) is 34.1 Å². The summed E-state index contributed by atoms with van der Waals surface area (Å²) in [6.07, 6.45) is 0. The highest BCUT2D eigenvalue weighted by Crippen LogP contribution is 2.56. The van der Waals surface area contributed by atoms with Gasteiger partial charge in [0.05, 0.1) is 11.8 Å². The van der Waals surface area contributed by atoms with Gasteiger partial charge < -0.3 is 0 Å². The number of rotatable bonds is 2. The summed E-state index contributed by atoms with van der Waals surface area (Å²) in [4.78, 5) is 29.3. The summed E-state index contributed by atoms with van der Waals surface area (Å²) in [6.45, 7) is 0. The van der Waals surface area contributed by atoms with Crippen LogP contribution in [0.15, 0.2) is 97.1 Å². The molecule has 0 N–H and O–H groups in total. The molecule has 9 rings (SSSR count). The van der Waals surface area contributed by atoms with E-state index in [2.05, 4.69) is 60.7 Å². The van der Waals surface area contributed by atoms with E-state index in [0.717, 1.165) is 42.4 Å². The summed E-state index contributed by atoms with van der Waals surface area (Å²) in [6, 6.07) is 33.5. The summed E-state index contributed by atoms with van der Waals surface area (Å²) in [5, 5.41) is 2.27. The zero-order valence-electron chi connectivity index (χ0n) is 19.0. The normalized spacial score (nSPS) is 18.1. The van der Waals surface area contributed by atoms with E-state index in [1.54, 1.807) is 22.7 Å². The van der Waals surface area contributed by atoms with Crippen LogP contribution in [0.25, 0.3) is 41.1 Å². The van der Waals surface area contributed by atoms with Gasteiger partial charge in [0.1, 0.15) is 0 Å². The highest BCUT2D eigenvalue weighted by molar-refractivity contribution is 7.23. The molecule has 0 saturated heterocycles. The molecule has 0 spiro atoms. The lowest BCUT2D eigenvalue weighted by atomic mass is 9.62. The molecule has 2 atom stereocenters. The van der Waals surface area contributed by atoms with Gasteiger partial charge in [-0.3, -0.25) is 9.59 Å². The minimum absolute atomic E-state index is 0.263. The van der Waals surface area contributed by atoms with Gasteiger partial charge in [-0.25, -0.2) is 0 Å². The smallest absolute Gasteiger partial charge is 0.211 e. The fourth-order valence-electron chi connectivity index (χ4n) is 6.01. The van der Waals surface area contributed by atoms with Crippen LogP contribution in [0.3, 0.4) is 0 Å². The van der Waals surface area contributed by atoms with Gasteiger partial charge >= 0.3 is 0 Å². The molecule has 2 aromatic heterocycles. The molecule has 0 fully saturated rings. The van der Waals surface area contributed by atoms with Gasteiger partial charge in [-0.1, -0.05) is 84.9 Å². The number of carbonyl (C=O) groups is 2. The number of benzene rings is 4. The van der Waals surface area contributed by atoms with Gasteiger partial charge in [0.2, 0.25) is 11.6 Å². The minimum atomic E-state index is -0.523. The van der Waals surface area contributed by atoms with Crippen LogP contribution in [0.4, 0.5) is 0 Å². The monoisotopic (exact) mass is 498 g/mol. The van der Waals surface area contributed by atoms with Crippen LogP contribution >= 0.6 is 22.7 Å². The Hall–Kier alpha value is -3.86. The second kappa shape index (κ2) is 7.33. The third kappa shape index (κ3) is 2.66. The van der Waals surface area contributed by atoms with E-state index in [9.17, 15) is 9.59 Å². The maximum atomic E-state index is 13.5. The summed E-state index contributed by atoms with van der Waals surface area (Å²) in [5.41, 5.74) is 6.44. The quantitative estimate of drug-likeness (QED) is 0.226. The number of Topliss-reactive ketones (excluding diaryl/α,β-unsaturated/α-hetero) is 2. The first-order valence-corrected chi connectivity index (χ1v) is 13.6. The SMILES string of the molecule is O=C1C(=O)C2c3ccc4cc(-c5ccccc5)sc4c3C1c1ccc3cc(-c4ccccc4)sc3c12. The van der Waals surface area contributed by atoms with Crippen molar-refractivity contribution < 1.29 is 9.59 Å². The van der Waals surface area contributed by atoms with E-state index >= 15 is 0 Å². The highest BCUT2D eigenvalue weighted by atomic mass is 32.1. The standard InChI is InChI=1S/C32H18O2S2/c33-29-25-22-14-12-20-16-24(18-9-5-2-6-10-18)36-32(20)28(22)26(30(29)34)21-13-11-19-15-23(35-31(19)27(21)25)17-7-3-1-4-8-17/h1-16,25-26H. The van der Waals surface area contributed by atoms with E-state index in [4.69, 9.17) is 0 Å². The molecule has 2 nitrogen and oxygen atoms in total. The molecule has 2 heterocycles. The Balaban J connectivity index is 1.38. The first-order valence-electron chi connectivity index (χ1n) is 12.0. The molecule has 2 unspecified atom stereocenters. The van der Waals surface area contributed by atoms with Crippen LogP contribution in [0.2, 0.25) is 0 Å². The summed E-state index contributed by atoms with van der Waals surface area (Å²) in [5.74, 6) is -1.57. The maximum absolute atomic E-state index is 13.5. The maximum Gasteiger partial charge on any atom is 0.211 e. The third-order valence-electron chi connectivity index (χ3n) is 7.60. The fraction of sp³-hybridized carbons (Fsp3) is 0.0625. The molecule has 3 aliphatic rings. The first kappa shape index (κ1) is 20.3. The zero-order valence-corrected chi connectivity index (χ0v) is 20.7. The predicted molar refractivity (Wildman–Crippen MR) is 148 cm³/mol. The van der Waals surface area contributed by atoms with E-state index in [1.807, 2.05) is 36.4 Å². The van der Waals surface area contributed by atoms with Crippen molar-refractivity contribution >= 4 is 54.4 Å². The van der Waals surface area contributed by atoms with Crippen LogP contribution in [0, 0.1) is 0 Å². The lowest BCUT2D eigenvalue weighted by molar-refractivity contribution is -0.138. The number of thiophene rings is 2. The first-order chi connectivity index (χ1) is 17.7. The van der Waals surface area contributed by atoms with Gasteiger partial charge in [0, 0.05) is 19.2 Å². The molecule has 4 heteroatoms. The van der Waals surface area contributed by atoms with Crippen molar-refractivity contribution in [1.82, 2.24) is 0 Å². The second-order valence-corrected chi connectivity index (χ2v) is 11.6. The van der Waals surface area contributed by atoms with Crippen LogP contribution in [-0.2, 0) is 9.59 Å². The van der Waals surface area contributed by atoms with Crippen molar-refractivity contribution in [3.63, 3.8) is 0 Å². The number of fused-ring (bicyclic) bond motifs is 3. The van der Waals surface area contributed by atoms with Crippen LogP contribution in [-0.4, -0.2) is 11.6 Å². The molecule has 4 aromatic carbocycles. The van der Waals surface area contributed by atoms with Crippen molar-refractivity contribution in [3.8, 4) is 20.9 Å². The lowest BCUT2D eigenvalue weighted by Gasteiger charge is -2.38. The minimum Gasteiger partial charge on any atom is -0.290 e.